The number of aryl methyl sites for hydroxylation is 1. The third kappa shape index (κ3) is 4.47. The highest BCUT2D eigenvalue weighted by Gasteiger charge is 2.12. The Balaban J connectivity index is 1.70. The molecule has 0 unspecified atom stereocenters. The number of hydrogen-bond acceptors (Lipinski definition) is 5. The summed E-state index contributed by atoms with van der Waals surface area (Å²) in [5.74, 6) is 1.41. The summed E-state index contributed by atoms with van der Waals surface area (Å²) in [6.07, 6.45) is 0. The second-order valence-corrected chi connectivity index (χ2v) is 6.33. The van der Waals surface area contributed by atoms with E-state index in [-0.39, 0.29) is 18.6 Å². The Morgan fingerprint density at radius 3 is 2.77 bits per heavy atom. The number of carbonyl (C=O) groups excluding carboxylic acids is 1. The van der Waals surface area contributed by atoms with E-state index in [9.17, 15) is 4.79 Å². The average Bonchev–Trinajstić information content (AvgIpc) is 3.09. The number of amides is 1. The van der Waals surface area contributed by atoms with E-state index in [1.54, 1.807) is 18.2 Å². The third-order valence-electron chi connectivity index (χ3n) is 3.62. The molecule has 1 N–H and O–H groups in total. The van der Waals surface area contributed by atoms with Crippen molar-refractivity contribution in [3.8, 4) is 17.1 Å². The first-order valence-electron chi connectivity index (χ1n) is 8.44. The first-order chi connectivity index (χ1) is 12.5. The quantitative estimate of drug-likeness (QED) is 0.731. The van der Waals surface area contributed by atoms with Crippen LogP contribution < -0.4 is 10.1 Å². The van der Waals surface area contributed by atoms with Gasteiger partial charge in [0.25, 0.3) is 11.8 Å². The van der Waals surface area contributed by atoms with Gasteiger partial charge < -0.3 is 14.6 Å². The number of rotatable bonds is 6. The molecule has 6 nitrogen and oxygen atoms in total. The molecule has 0 saturated heterocycles. The van der Waals surface area contributed by atoms with Crippen molar-refractivity contribution in [2.75, 3.05) is 0 Å². The summed E-state index contributed by atoms with van der Waals surface area (Å²) in [7, 11) is 0. The van der Waals surface area contributed by atoms with E-state index in [2.05, 4.69) is 15.5 Å². The predicted molar refractivity (Wildman–Crippen MR) is 97.8 cm³/mol. The molecule has 3 aromatic rings. The van der Waals surface area contributed by atoms with Crippen molar-refractivity contribution >= 4 is 5.91 Å². The molecule has 134 valence electrons. The lowest BCUT2D eigenvalue weighted by molar-refractivity contribution is 0.0943. The summed E-state index contributed by atoms with van der Waals surface area (Å²) in [4.78, 5) is 16.5. The lowest BCUT2D eigenvalue weighted by atomic mass is 10.1. The molecule has 0 spiro atoms. The fourth-order valence-electron chi connectivity index (χ4n) is 2.43. The minimum absolute atomic E-state index is 0.0710. The zero-order valence-electron chi connectivity index (χ0n) is 15.0. The zero-order valence-corrected chi connectivity index (χ0v) is 15.0. The molecule has 0 radical (unpaired) electrons. The van der Waals surface area contributed by atoms with E-state index in [0.717, 1.165) is 11.3 Å². The molecular formula is C20H21N3O3. The Morgan fingerprint density at radius 2 is 2.00 bits per heavy atom. The topological polar surface area (TPSA) is 77.2 Å². The van der Waals surface area contributed by atoms with E-state index < -0.39 is 0 Å². The van der Waals surface area contributed by atoms with Crippen LogP contribution in [-0.4, -0.2) is 22.1 Å². The molecule has 0 bridgehead atoms. The van der Waals surface area contributed by atoms with E-state index in [1.807, 2.05) is 51.1 Å². The highest BCUT2D eigenvalue weighted by molar-refractivity contribution is 5.95. The first kappa shape index (κ1) is 17.7. The molecule has 6 heteroatoms. The molecule has 3 rings (SSSR count). The smallest absolute Gasteiger partial charge is 0.264 e. The van der Waals surface area contributed by atoms with E-state index in [4.69, 9.17) is 9.26 Å². The SMILES string of the molecule is Cc1cccc(OCc2nc(-c3cccc(C(=O)NC(C)C)c3)no2)c1. The highest BCUT2D eigenvalue weighted by atomic mass is 16.5. The van der Waals surface area contributed by atoms with Crippen LogP contribution in [0.3, 0.4) is 0 Å². The molecule has 0 atom stereocenters. The molecule has 2 aromatic carbocycles. The Kier molecular flexibility index (Phi) is 5.31. The number of aromatic nitrogens is 2. The van der Waals surface area contributed by atoms with Crippen molar-refractivity contribution in [3.05, 3.63) is 65.5 Å². The molecular weight excluding hydrogens is 330 g/mol. The van der Waals surface area contributed by atoms with Gasteiger partial charge in [-0.25, -0.2) is 0 Å². The van der Waals surface area contributed by atoms with Crippen molar-refractivity contribution < 1.29 is 14.1 Å². The fourth-order valence-corrected chi connectivity index (χ4v) is 2.43. The van der Waals surface area contributed by atoms with E-state index >= 15 is 0 Å². The number of carbonyl (C=O) groups is 1. The van der Waals surface area contributed by atoms with Crippen LogP contribution in [0.4, 0.5) is 0 Å². The van der Waals surface area contributed by atoms with Crippen LogP contribution in [0.1, 0.15) is 35.7 Å². The second-order valence-electron chi connectivity index (χ2n) is 6.33. The maximum atomic E-state index is 12.1. The van der Waals surface area contributed by atoms with Gasteiger partial charge in [-0.15, -0.1) is 0 Å². The molecule has 1 aromatic heterocycles. The summed E-state index contributed by atoms with van der Waals surface area (Å²) in [6.45, 7) is 6.02. The van der Waals surface area contributed by atoms with Gasteiger partial charge in [-0.2, -0.15) is 4.98 Å². The van der Waals surface area contributed by atoms with Gasteiger partial charge >= 0.3 is 0 Å². The molecule has 0 saturated carbocycles. The van der Waals surface area contributed by atoms with Gasteiger partial charge in [0.05, 0.1) is 0 Å². The van der Waals surface area contributed by atoms with Crippen molar-refractivity contribution in [3.63, 3.8) is 0 Å². The van der Waals surface area contributed by atoms with Crippen LogP contribution in [-0.2, 0) is 6.61 Å². The second kappa shape index (κ2) is 7.82. The van der Waals surface area contributed by atoms with Gasteiger partial charge in [0.1, 0.15) is 5.75 Å². The van der Waals surface area contributed by atoms with Crippen molar-refractivity contribution in [1.29, 1.82) is 0 Å². The molecule has 26 heavy (non-hydrogen) atoms. The van der Waals surface area contributed by atoms with Crippen LogP contribution in [0.2, 0.25) is 0 Å². The van der Waals surface area contributed by atoms with Crippen molar-refractivity contribution in [2.45, 2.75) is 33.4 Å². The summed E-state index contributed by atoms with van der Waals surface area (Å²) in [5.41, 5.74) is 2.38. The Morgan fingerprint density at radius 1 is 1.19 bits per heavy atom. The first-order valence-corrected chi connectivity index (χ1v) is 8.44. The molecule has 1 amide bonds. The monoisotopic (exact) mass is 351 g/mol. The summed E-state index contributed by atoms with van der Waals surface area (Å²) < 4.78 is 10.9. The highest BCUT2D eigenvalue weighted by Crippen LogP contribution is 2.19. The van der Waals surface area contributed by atoms with Gasteiger partial charge in [0.2, 0.25) is 5.82 Å². The Labute approximate surface area is 152 Å². The lowest BCUT2D eigenvalue weighted by Gasteiger charge is -2.08. The number of ether oxygens (including phenoxy) is 1. The van der Waals surface area contributed by atoms with Crippen LogP contribution >= 0.6 is 0 Å². The standard InChI is InChI=1S/C20H21N3O3/c1-13(2)21-20(24)16-8-5-7-15(11-16)19-22-18(26-23-19)12-25-17-9-4-6-14(3)10-17/h4-11,13H,12H2,1-3H3,(H,21,24). The largest absolute Gasteiger partial charge is 0.484 e. The molecule has 0 aliphatic carbocycles. The van der Waals surface area contributed by atoms with Gasteiger partial charge in [-0.1, -0.05) is 29.4 Å². The predicted octanol–water partition coefficient (Wildman–Crippen LogP) is 3.76. The zero-order chi connectivity index (χ0) is 18.5. The maximum absolute atomic E-state index is 12.1. The Bertz CT molecular complexity index is 903. The van der Waals surface area contributed by atoms with E-state index in [1.165, 1.54) is 0 Å². The van der Waals surface area contributed by atoms with Crippen LogP contribution in [0.5, 0.6) is 5.75 Å². The van der Waals surface area contributed by atoms with Gasteiger partial charge in [-0.05, 0) is 50.6 Å². The minimum atomic E-state index is -0.131. The number of nitrogens with zero attached hydrogens (tertiary/aromatic N) is 2. The minimum Gasteiger partial charge on any atom is -0.484 e. The van der Waals surface area contributed by atoms with Gasteiger partial charge in [0, 0.05) is 17.2 Å². The number of benzene rings is 2. The summed E-state index contributed by atoms with van der Waals surface area (Å²) in [6, 6.07) is 14.9. The van der Waals surface area contributed by atoms with Crippen molar-refractivity contribution in [2.24, 2.45) is 0 Å². The molecule has 1 heterocycles. The van der Waals surface area contributed by atoms with Crippen LogP contribution in [0.25, 0.3) is 11.4 Å². The molecule has 0 fully saturated rings. The molecule has 0 aliphatic heterocycles. The number of nitrogens with one attached hydrogen (secondary N) is 1. The van der Waals surface area contributed by atoms with E-state index in [0.29, 0.717) is 22.8 Å². The van der Waals surface area contributed by atoms with Crippen molar-refractivity contribution in [1.82, 2.24) is 15.5 Å². The fraction of sp³-hybridized carbons (Fsp3) is 0.250. The lowest BCUT2D eigenvalue weighted by Crippen LogP contribution is -2.30. The van der Waals surface area contributed by atoms with Gasteiger partial charge in [-0.3, -0.25) is 4.79 Å². The van der Waals surface area contributed by atoms with Crippen LogP contribution in [0.15, 0.2) is 53.1 Å². The van der Waals surface area contributed by atoms with Crippen LogP contribution in [0, 0.1) is 6.92 Å². The average molecular weight is 351 g/mol. The maximum Gasteiger partial charge on any atom is 0.264 e. The van der Waals surface area contributed by atoms with Gasteiger partial charge in [0.15, 0.2) is 6.61 Å². The number of hydrogen-bond donors (Lipinski definition) is 1. The molecule has 0 aliphatic rings. The normalized spacial score (nSPS) is 10.8. The summed E-state index contributed by atoms with van der Waals surface area (Å²) >= 11 is 0. The Hall–Kier alpha value is -3.15. The third-order valence-corrected chi connectivity index (χ3v) is 3.62. The summed E-state index contributed by atoms with van der Waals surface area (Å²) in [5, 5.41) is 6.84.